The Bertz CT molecular complexity index is 722. The van der Waals surface area contributed by atoms with Gasteiger partial charge in [-0.05, 0) is 18.8 Å². The molecule has 2 heterocycles. The smallest absolute Gasteiger partial charge is 0.254 e. The van der Waals surface area contributed by atoms with E-state index in [1.165, 1.54) is 0 Å². The number of aryl methyl sites for hydroxylation is 1. The lowest BCUT2D eigenvalue weighted by Gasteiger charge is -2.14. The van der Waals surface area contributed by atoms with Crippen LogP contribution in [0.1, 0.15) is 48.8 Å². The van der Waals surface area contributed by atoms with Crippen molar-refractivity contribution in [2.24, 2.45) is 18.9 Å². The van der Waals surface area contributed by atoms with Crippen molar-refractivity contribution in [1.82, 2.24) is 29.9 Å². The Balaban J connectivity index is 1.53. The lowest BCUT2D eigenvalue weighted by atomic mass is 10.0. The largest absolute Gasteiger partial charge is 0.393 e. The van der Waals surface area contributed by atoms with E-state index in [9.17, 15) is 9.90 Å². The van der Waals surface area contributed by atoms with E-state index in [0.717, 1.165) is 18.8 Å². The molecule has 0 aromatic carbocycles. The van der Waals surface area contributed by atoms with E-state index in [1.54, 1.807) is 23.4 Å². The minimum Gasteiger partial charge on any atom is -0.393 e. The van der Waals surface area contributed by atoms with E-state index in [2.05, 4.69) is 34.5 Å². The minimum absolute atomic E-state index is 0.0244. The second-order valence-corrected chi connectivity index (χ2v) is 7.35. The zero-order valence-electron chi connectivity index (χ0n) is 15.0. The number of nitrogens with one attached hydrogen (secondary N) is 1. The van der Waals surface area contributed by atoms with Crippen LogP contribution in [0.2, 0.25) is 0 Å². The molecule has 1 aliphatic rings. The van der Waals surface area contributed by atoms with Crippen molar-refractivity contribution >= 4 is 5.91 Å². The van der Waals surface area contributed by atoms with Crippen molar-refractivity contribution in [3.63, 3.8) is 0 Å². The first-order chi connectivity index (χ1) is 11.9. The summed E-state index contributed by atoms with van der Waals surface area (Å²) in [5, 5.41) is 25.5. The van der Waals surface area contributed by atoms with Crippen molar-refractivity contribution in [2.75, 3.05) is 6.54 Å². The van der Waals surface area contributed by atoms with E-state index < -0.39 is 6.10 Å². The van der Waals surface area contributed by atoms with Gasteiger partial charge in [0.15, 0.2) is 0 Å². The Kier molecular flexibility index (Phi) is 5.17. The van der Waals surface area contributed by atoms with E-state index in [-0.39, 0.29) is 17.7 Å². The van der Waals surface area contributed by atoms with Gasteiger partial charge in [-0.1, -0.05) is 13.8 Å². The van der Waals surface area contributed by atoms with Crippen molar-refractivity contribution in [3.8, 4) is 0 Å². The third-order valence-electron chi connectivity index (χ3n) is 4.74. The van der Waals surface area contributed by atoms with E-state index in [4.69, 9.17) is 0 Å². The fourth-order valence-electron chi connectivity index (χ4n) is 3.48. The van der Waals surface area contributed by atoms with Crippen molar-refractivity contribution in [2.45, 2.75) is 45.3 Å². The van der Waals surface area contributed by atoms with Gasteiger partial charge in [0.25, 0.3) is 5.91 Å². The fourth-order valence-corrected chi connectivity index (χ4v) is 3.48. The zero-order chi connectivity index (χ0) is 18.0. The third-order valence-corrected chi connectivity index (χ3v) is 4.74. The first-order valence-corrected chi connectivity index (χ1v) is 8.76. The van der Waals surface area contributed by atoms with Gasteiger partial charge in [0.1, 0.15) is 12.2 Å². The van der Waals surface area contributed by atoms with E-state index >= 15 is 0 Å². The molecule has 0 unspecified atom stereocenters. The van der Waals surface area contributed by atoms with Gasteiger partial charge in [-0.25, -0.2) is 0 Å². The molecule has 0 spiro atoms. The number of nitrogens with zero attached hydrogens (tertiary/aromatic N) is 5. The first-order valence-electron chi connectivity index (χ1n) is 8.76. The summed E-state index contributed by atoms with van der Waals surface area (Å²) >= 11 is 0. The van der Waals surface area contributed by atoms with Gasteiger partial charge in [0.2, 0.25) is 0 Å². The molecule has 0 radical (unpaired) electrons. The van der Waals surface area contributed by atoms with Crippen LogP contribution in [-0.2, 0) is 13.6 Å². The number of carbonyl (C=O) groups is 1. The highest BCUT2D eigenvalue weighted by Crippen LogP contribution is 2.37. The molecule has 3 atom stereocenters. The second-order valence-electron chi connectivity index (χ2n) is 7.35. The average molecular weight is 346 g/mol. The van der Waals surface area contributed by atoms with Crippen LogP contribution in [0, 0.1) is 11.8 Å². The summed E-state index contributed by atoms with van der Waals surface area (Å²) in [4.78, 5) is 12.3. The summed E-state index contributed by atoms with van der Waals surface area (Å²) < 4.78 is 3.68. The molecule has 8 nitrogen and oxygen atoms in total. The van der Waals surface area contributed by atoms with Gasteiger partial charge in [0, 0.05) is 38.2 Å². The number of aliphatic hydroxyl groups excluding tert-OH is 1. The number of hydrogen-bond acceptors (Lipinski definition) is 5. The molecule has 2 aromatic heterocycles. The highest BCUT2D eigenvalue weighted by Gasteiger charge is 2.36. The Morgan fingerprint density at radius 2 is 2.24 bits per heavy atom. The van der Waals surface area contributed by atoms with Crippen LogP contribution >= 0.6 is 0 Å². The normalized spacial score (nSPS) is 23.3. The van der Waals surface area contributed by atoms with Crippen LogP contribution in [0.25, 0.3) is 0 Å². The van der Waals surface area contributed by atoms with Crippen LogP contribution in [0.5, 0.6) is 0 Å². The molecular formula is C17H26N6O2. The van der Waals surface area contributed by atoms with Crippen molar-refractivity contribution in [1.29, 1.82) is 0 Å². The molecule has 3 rings (SSSR count). The van der Waals surface area contributed by atoms with E-state index in [1.807, 2.05) is 11.6 Å². The topological polar surface area (TPSA) is 97.9 Å². The first kappa shape index (κ1) is 17.6. The lowest BCUT2D eigenvalue weighted by molar-refractivity contribution is 0.0916. The molecule has 1 saturated carbocycles. The highest BCUT2D eigenvalue weighted by molar-refractivity contribution is 5.93. The minimum atomic E-state index is -0.439. The molecule has 2 N–H and O–H groups in total. The molecule has 1 amide bonds. The molecule has 25 heavy (non-hydrogen) atoms. The molecule has 0 bridgehead atoms. The van der Waals surface area contributed by atoms with Gasteiger partial charge in [0.05, 0.1) is 17.9 Å². The van der Waals surface area contributed by atoms with Gasteiger partial charge in [-0.3, -0.25) is 9.48 Å². The van der Waals surface area contributed by atoms with Gasteiger partial charge < -0.3 is 15.0 Å². The summed E-state index contributed by atoms with van der Waals surface area (Å²) in [7, 11) is 1.91. The lowest BCUT2D eigenvalue weighted by Crippen LogP contribution is -2.32. The zero-order valence-corrected chi connectivity index (χ0v) is 15.0. The Morgan fingerprint density at radius 1 is 1.44 bits per heavy atom. The SMILES string of the molecule is CC(C)Cn1cc(C(=O)NC[C@H]2C[C@H](c3nncn3C)C[C@H]2O)cn1. The molecule has 136 valence electrons. The quantitative estimate of drug-likeness (QED) is 0.812. The van der Waals surface area contributed by atoms with Crippen LogP contribution < -0.4 is 5.32 Å². The fraction of sp³-hybridized carbons (Fsp3) is 0.647. The van der Waals surface area contributed by atoms with Crippen LogP contribution in [0.15, 0.2) is 18.7 Å². The molecule has 1 fully saturated rings. The number of hydrogen-bond donors (Lipinski definition) is 2. The summed E-state index contributed by atoms with van der Waals surface area (Å²) in [5.41, 5.74) is 0.554. The Labute approximate surface area is 147 Å². The molecule has 0 aliphatic heterocycles. The standard InChI is InChI=1S/C17H26N6O2/c1-11(2)8-23-9-14(7-20-23)17(25)18-6-13-4-12(5-15(13)24)16-21-19-10-22(16)3/h7,9-13,15,24H,4-6,8H2,1-3H3,(H,18,25)/t12-,13+,15+/m0/s1. The average Bonchev–Trinajstić information content (AvgIpc) is 3.25. The Morgan fingerprint density at radius 3 is 2.92 bits per heavy atom. The predicted molar refractivity (Wildman–Crippen MR) is 91.9 cm³/mol. The number of amides is 1. The number of carbonyl (C=O) groups excluding carboxylic acids is 1. The molecule has 0 saturated heterocycles. The van der Waals surface area contributed by atoms with Crippen molar-refractivity contribution < 1.29 is 9.90 Å². The van der Waals surface area contributed by atoms with Crippen LogP contribution in [0.4, 0.5) is 0 Å². The maximum atomic E-state index is 12.3. The molecule has 1 aliphatic carbocycles. The predicted octanol–water partition coefficient (Wildman–Crippen LogP) is 0.952. The van der Waals surface area contributed by atoms with Gasteiger partial charge in [-0.2, -0.15) is 5.10 Å². The van der Waals surface area contributed by atoms with Crippen molar-refractivity contribution in [3.05, 3.63) is 30.1 Å². The van der Waals surface area contributed by atoms with Crippen LogP contribution in [0.3, 0.4) is 0 Å². The highest BCUT2D eigenvalue weighted by atomic mass is 16.3. The Hall–Kier alpha value is -2.22. The summed E-state index contributed by atoms with van der Waals surface area (Å²) in [6, 6.07) is 0. The number of aromatic nitrogens is 5. The molecule has 8 heteroatoms. The number of rotatable bonds is 6. The van der Waals surface area contributed by atoms with Gasteiger partial charge >= 0.3 is 0 Å². The summed E-state index contributed by atoms with van der Waals surface area (Å²) in [6.45, 7) is 5.45. The van der Waals surface area contributed by atoms with Gasteiger partial charge in [-0.15, -0.1) is 10.2 Å². The molecule has 2 aromatic rings. The van der Waals surface area contributed by atoms with E-state index in [0.29, 0.717) is 24.4 Å². The van der Waals surface area contributed by atoms with Crippen LogP contribution in [-0.4, -0.2) is 48.2 Å². The maximum Gasteiger partial charge on any atom is 0.254 e. The molecular weight excluding hydrogens is 320 g/mol. The monoisotopic (exact) mass is 346 g/mol. The third kappa shape index (κ3) is 4.07. The second kappa shape index (κ2) is 7.35. The summed E-state index contributed by atoms with van der Waals surface area (Å²) in [5.74, 6) is 1.42. The maximum absolute atomic E-state index is 12.3. The summed E-state index contributed by atoms with van der Waals surface area (Å²) in [6.07, 6.45) is 6.03. The number of aliphatic hydroxyl groups is 1.